The fraction of sp³-hybridized carbons (Fsp3) is 0.222. The number of pyridine rings is 1. The van der Waals surface area contributed by atoms with Crippen LogP contribution in [-0.2, 0) is 11.3 Å². The van der Waals surface area contributed by atoms with E-state index in [1.807, 2.05) is 44.2 Å². The largest absolute Gasteiger partial charge is 0.380 e. The number of thiophene rings is 1. The van der Waals surface area contributed by atoms with Gasteiger partial charge in [0.1, 0.15) is 15.0 Å². The molecular formula is C18H16N4O2S. The number of hydrogen-bond acceptors (Lipinski definition) is 6. The standard InChI is InChI=1S/C18H16N4O2S/c1-10-4-6-13(7-5-10)22-18(23)16-15(20-21-22)14-12(9-24-3)8-11(2)19-17(14)25-16/h4-8H,9H2,1-3H3. The van der Waals surface area contributed by atoms with Crippen LogP contribution in [0.5, 0.6) is 0 Å². The van der Waals surface area contributed by atoms with Crippen molar-refractivity contribution < 1.29 is 4.74 Å². The van der Waals surface area contributed by atoms with Crippen LogP contribution in [0.3, 0.4) is 0 Å². The average molecular weight is 352 g/mol. The Bertz CT molecular complexity index is 1150. The van der Waals surface area contributed by atoms with Gasteiger partial charge in [-0.05, 0) is 37.6 Å². The van der Waals surface area contributed by atoms with Crippen LogP contribution in [-0.4, -0.2) is 27.1 Å². The highest BCUT2D eigenvalue weighted by atomic mass is 32.1. The quantitative estimate of drug-likeness (QED) is 0.566. The van der Waals surface area contributed by atoms with E-state index >= 15 is 0 Å². The van der Waals surface area contributed by atoms with E-state index in [0.29, 0.717) is 22.5 Å². The number of benzene rings is 1. The first-order valence-corrected chi connectivity index (χ1v) is 8.65. The van der Waals surface area contributed by atoms with E-state index in [1.54, 1.807) is 7.11 Å². The van der Waals surface area contributed by atoms with Crippen LogP contribution >= 0.6 is 11.3 Å². The van der Waals surface area contributed by atoms with Crippen LogP contribution in [0.15, 0.2) is 35.1 Å². The van der Waals surface area contributed by atoms with Gasteiger partial charge < -0.3 is 4.74 Å². The molecule has 0 aliphatic carbocycles. The maximum atomic E-state index is 12.9. The summed E-state index contributed by atoms with van der Waals surface area (Å²) in [6.07, 6.45) is 0. The molecule has 0 spiro atoms. The second kappa shape index (κ2) is 6.02. The van der Waals surface area contributed by atoms with Crippen molar-refractivity contribution >= 4 is 31.8 Å². The van der Waals surface area contributed by atoms with Crippen LogP contribution in [0.1, 0.15) is 16.8 Å². The molecule has 0 amide bonds. The summed E-state index contributed by atoms with van der Waals surface area (Å²) in [5.74, 6) is 0. The molecule has 4 aromatic rings. The fourth-order valence-electron chi connectivity index (χ4n) is 2.89. The Kier molecular flexibility index (Phi) is 3.82. The summed E-state index contributed by atoms with van der Waals surface area (Å²) in [5.41, 5.74) is 4.09. The third kappa shape index (κ3) is 2.61. The molecule has 3 aromatic heterocycles. The topological polar surface area (TPSA) is 69.9 Å². The summed E-state index contributed by atoms with van der Waals surface area (Å²) >= 11 is 1.35. The first-order chi connectivity index (χ1) is 12.1. The molecule has 0 fully saturated rings. The molecule has 0 atom stereocenters. The van der Waals surface area contributed by atoms with Crippen LogP contribution < -0.4 is 5.56 Å². The lowest BCUT2D eigenvalue weighted by atomic mass is 10.1. The van der Waals surface area contributed by atoms with Gasteiger partial charge in [0, 0.05) is 18.2 Å². The minimum atomic E-state index is -0.183. The zero-order valence-corrected chi connectivity index (χ0v) is 14.9. The summed E-state index contributed by atoms with van der Waals surface area (Å²) in [6, 6.07) is 9.58. The van der Waals surface area contributed by atoms with Crippen molar-refractivity contribution in [1.82, 2.24) is 20.0 Å². The van der Waals surface area contributed by atoms with Gasteiger partial charge in [-0.25, -0.2) is 4.98 Å². The first kappa shape index (κ1) is 15.9. The Morgan fingerprint density at radius 3 is 2.68 bits per heavy atom. The molecule has 1 aromatic carbocycles. The number of hydrogen-bond donors (Lipinski definition) is 0. The van der Waals surface area contributed by atoms with Gasteiger partial charge in [0.2, 0.25) is 0 Å². The smallest absolute Gasteiger partial charge is 0.292 e. The van der Waals surface area contributed by atoms with Crippen molar-refractivity contribution in [2.75, 3.05) is 7.11 Å². The zero-order chi connectivity index (χ0) is 17.6. The third-order valence-corrected chi connectivity index (χ3v) is 5.11. The number of aromatic nitrogens is 4. The minimum absolute atomic E-state index is 0.183. The van der Waals surface area contributed by atoms with Crippen molar-refractivity contribution in [2.24, 2.45) is 0 Å². The average Bonchev–Trinajstić information content (AvgIpc) is 2.96. The second-order valence-corrected chi connectivity index (χ2v) is 6.96. The summed E-state index contributed by atoms with van der Waals surface area (Å²) in [5, 5.41) is 9.33. The molecule has 0 saturated carbocycles. The van der Waals surface area contributed by atoms with Crippen LogP contribution in [0.2, 0.25) is 0 Å². The van der Waals surface area contributed by atoms with E-state index in [9.17, 15) is 4.79 Å². The van der Waals surface area contributed by atoms with Gasteiger partial charge in [0.05, 0.1) is 12.3 Å². The maximum Gasteiger partial charge on any atom is 0.292 e. The molecule has 3 heterocycles. The predicted molar refractivity (Wildman–Crippen MR) is 98.5 cm³/mol. The predicted octanol–water partition coefficient (Wildman–Crippen LogP) is 3.15. The highest BCUT2D eigenvalue weighted by Gasteiger charge is 2.17. The number of fused-ring (bicyclic) bond motifs is 3. The highest BCUT2D eigenvalue weighted by Crippen LogP contribution is 2.32. The Balaban J connectivity index is 2.02. The summed E-state index contributed by atoms with van der Waals surface area (Å²) < 4.78 is 7.18. The maximum absolute atomic E-state index is 12.9. The van der Waals surface area contributed by atoms with Crippen molar-refractivity contribution in [3.05, 3.63) is 57.5 Å². The van der Waals surface area contributed by atoms with Gasteiger partial charge in [-0.1, -0.05) is 22.9 Å². The van der Waals surface area contributed by atoms with Crippen LogP contribution in [0.4, 0.5) is 0 Å². The van der Waals surface area contributed by atoms with Crippen molar-refractivity contribution in [2.45, 2.75) is 20.5 Å². The lowest BCUT2D eigenvalue weighted by molar-refractivity contribution is 0.186. The van der Waals surface area contributed by atoms with E-state index < -0.39 is 0 Å². The van der Waals surface area contributed by atoms with Crippen molar-refractivity contribution in [3.8, 4) is 5.69 Å². The minimum Gasteiger partial charge on any atom is -0.380 e. The number of aryl methyl sites for hydroxylation is 2. The monoisotopic (exact) mass is 352 g/mol. The van der Waals surface area contributed by atoms with Crippen LogP contribution in [0.25, 0.3) is 26.1 Å². The van der Waals surface area contributed by atoms with Gasteiger partial charge in [-0.15, -0.1) is 16.4 Å². The first-order valence-electron chi connectivity index (χ1n) is 7.83. The molecule has 6 nitrogen and oxygen atoms in total. The van der Waals surface area contributed by atoms with Crippen molar-refractivity contribution in [1.29, 1.82) is 0 Å². The molecule has 0 bridgehead atoms. The lowest BCUT2D eigenvalue weighted by Crippen LogP contribution is -2.21. The van der Waals surface area contributed by atoms with E-state index in [4.69, 9.17) is 4.74 Å². The van der Waals surface area contributed by atoms with E-state index in [-0.39, 0.29) is 5.56 Å². The number of rotatable bonds is 3. The molecular weight excluding hydrogens is 336 g/mol. The van der Waals surface area contributed by atoms with E-state index in [1.165, 1.54) is 16.0 Å². The van der Waals surface area contributed by atoms with Crippen LogP contribution in [0, 0.1) is 13.8 Å². The molecule has 0 aliphatic rings. The lowest BCUT2D eigenvalue weighted by Gasteiger charge is -2.05. The molecule has 0 N–H and O–H groups in total. The molecule has 7 heteroatoms. The summed E-state index contributed by atoms with van der Waals surface area (Å²) in [7, 11) is 1.65. The molecule has 0 unspecified atom stereocenters. The Labute approximate surface area is 147 Å². The highest BCUT2D eigenvalue weighted by molar-refractivity contribution is 7.25. The van der Waals surface area contributed by atoms with E-state index in [0.717, 1.165) is 27.0 Å². The fourth-order valence-corrected chi connectivity index (χ4v) is 4.01. The number of methoxy groups -OCH3 is 1. The molecule has 0 aliphatic heterocycles. The van der Waals surface area contributed by atoms with Gasteiger partial charge in [0.25, 0.3) is 5.56 Å². The number of nitrogens with zero attached hydrogens (tertiary/aromatic N) is 4. The molecule has 0 radical (unpaired) electrons. The second-order valence-electron chi connectivity index (χ2n) is 5.96. The normalized spacial score (nSPS) is 11.5. The van der Waals surface area contributed by atoms with Gasteiger partial charge in [-0.3, -0.25) is 4.79 Å². The summed E-state index contributed by atoms with van der Waals surface area (Å²) in [6.45, 7) is 4.37. The molecule has 4 rings (SSSR count). The van der Waals surface area contributed by atoms with Gasteiger partial charge >= 0.3 is 0 Å². The zero-order valence-electron chi connectivity index (χ0n) is 14.1. The van der Waals surface area contributed by atoms with Gasteiger partial charge in [0.15, 0.2) is 0 Å². The molecule has 126 valence electrons. The Morgan fingerprint density at radius 2 is 1.96 bits per heavy atom. The molecule has 25 heavy (non-hydrogen) atoms. The third-order valence-electron chi connectivity index (χ3n) is 4.05. The number of ether oxygens (including phenoxy) is 1. The van der Waals surface area contributed by atoms with Crippen molar-refractivity contribution in [3.63, 3.8) is 0 Å². The van der Waals surface area contributed by atoms with E-state index in [2.05, 4.69) is 15.3 Å². The summed E-state index contributed by atoms with van der Waals surface area (Å²) in [4.78, 5) is 18.3. The Hall–Kier alpha value is -2.64. The Morgan fingerprint density at radius 1 is 1.20 bits per heavy atom. The van der Waals surface area contributed by atoms with Gasteiger partial charge in [-0.2, -0.15) is 4.68 Å². The molecule has 0 saturated heterocycles. The SMILES string of the molecule is COCc1cc(C)nc2sc3c(=O)n(-c4ccc(C)cc4)nnc3c12.